The summed E-state index contributed by atoms with van der Waals surface area (Å²) in [6.07, 6.45) is 14.4. The lowest BCUT2D eigenvalue weighted by Gasteiger charge is -2.61. The van der Waals surface area contributed by atoms with E-state index in [4.69, 9.17) is 0 Å². The highest BCUT2D eigenvalue weighted by Gasteiger charge is 2.55. The first-order valence-corrected chi connectivity index (χ1v) is 6.44. The van der Waals surface area contributed by atoms with Crippen LogP contribution in [0.5, 0.6) is 0 Å². The second kappa shape index (κ2) is 2.99. The highest BCUT2D eigenvalue weighted by molar-refractivity contribution is 5.13. The van der Waals surface area contributed by atoms with E-state index in [2.05, 4.69) is 25.3 Å². The maximum absolute atomic E-state index is 4.12. The second-order valence-electron chi connectivity index (χ2n) is 6.52. The van der Waals surface area contributed by atoms with E-state index in [9.17, 15) is 0 Å². The Morgan fingerprint density at radius 2 is 1.73 bits per heavy atom. The van der Waals surface area contributed by atoms with Gasteiger partial charge in [-0.15, -0.1) is 13.2 Å². The molecule has 4 saturated carbocycles. The minimum Gasteiger partial charge on any atom is -0.103 e. The first-order chi connectivity index (χ1) is 7.19. The molecule has 0 amide bonds. The maximum Gasteiger partial charge on any atom is -0.0110 e. The van der Waals surface area contributed by atoms with Crippen LogP contribution >= 0.6 is 0 Å². The Morgan fingerprint density at radius 1 is 1.07 bits per heavy atom. The van der Waals surface area contributed by atoms with E-state index in [-0.39, 0.29) is 0 Å². The van der Waals surface area contributed by atoms with Gasteiger partial charge in [-0.05, 0) is 67.6 Å². The van der Waals surface area contributed by atoms with Crippen LogP contribution in [0.15, 0.2) is 25.3 Å². The summed E-state index contributed by atoms with van der Waals surface area (Å²) in [5, 5.41) is 0. The molecule has 0 heteroatoms. The number of hydrogen-bond donors (Lipinski definition) is 0. The Bertz CT molecular complexity index is 285. The summed E-state index contributed by atoms with van der Waals surface area (Å²) in [5.41, 5.74) is 1.15. The fourth-order valence-corrected chi connectivity index (χ4v) is 5.31. The van der Waals surface area contributed by atoms with Crippen LogP contribution in [0.3, 0.4) is 0 Å². The molecule has 4 rings (SSSR count). The van der Waals surface area contributed by atoms with Crippen molar-refractivity contribution in [2.45, 2.75) is 44.9 Å². The van der Waals surface area contributed by atoms with Crippen LogP contribution in [0.25, 0.3) is 0 Å². The summed E-state index contributed by atoms with van der Waals surface area (Å²) in [7, 11) is 0. The molecule has 0 aromatic carbocycles. The summed E-state index contributed by atoms with van der Waals surface area (Å²) in [6, 6.07) is 0. The van der Waals surface area contributed by atoms with Crippen molar-refractivity contribution >= 4 is 0 Å². The normalized spacial score (nSPS) is 51.7. The minimum absolute atomic E-state index is 0.521. The SMILES string of the molecule is C=CCC12CC3CC(CC(C=C)(C3)C1)C2. The highest BCUT2D eigenvalue weighted by atomic mass is 14.6. The van der Waals surface area contributed by atoms with Gasteiger partial charge in [0, 0.05) is 0 Å². The molecule has 0 heterocycles. The van der Waals surface area contributed by atoms with Crippen molar-refractivity contribution in [3.8, 4) is 0 Å². The van der Waals surface area contributed by atoms with Crippen LogP contribution in [-0.4, -0.2) is 0 Å². The summed E-state index contributed by atoms with van der Waals surface area (Å²) < 4.78 is 0. The van der Waals surface area contributed by atoms with Crippen LogP contribution in [0.4, 0.5) is 0 Å². The molecule has 4 bridgehead atoms. The number of hydrogen-bond acceptors (Lipinski definition) is 0. The predicted octanol–water partition coefficient (Wildman–Crippen LogP) is 4.34. The maximum atomic E-state index is 4.12. The lowest BCUT2D eigenvalue weighted by molar-refractivity contribution is -0.0856. The monoisotopic (exact) mass is 202 g/mol. The number of allylic oxidation sites excluding steroid dienone is 2. The zero-order valence-corrected chi connectivity index (χ0v) is 9.67. The second-order valence-corrected chi connectivity index (χ2v) is 6.52. The van der Waals surface area contributed by atoms with Gasteiger partial charge in [-0.3, -0.25) is 0 Å². The molecule has 15 heavy (non-hydrogen) atoms. The Kier molecular flexibility index (Phi) is 1.93. The largest absolute Gasteiger partial charge is 0.103 e. The van der Waals surface area contributed by atoms with Gasteiger partial charge in [-0.25, -0.2) is 0 Å². The molecule has 0 radical (unpaired) electrons. The van der Waals surface area contributed by atoms with Crippen molar-refractivity contribution in [3.05, 3.63) is 25.3 Å². The summed E-state index contributed by atoms with van der Waals surface area (Å²) in [5.74, 6) is 2.01. The van der Waals surface area contributed by atoms with Gasteiger partial charge >= 0.3 is 0 Å². The first kappa shape index (κ1) is 9.69. The van der Waals surface area contributed by atoms with Gasteiger partial charge in [-0.1, -0.05) is 12.2 Å². The van der Waals surface area contributed by atoms with Gasteiger partial charge in [0.2, 0.25) is 0 Å². The molecule has 0 spiro atoms. The zero-order valence-electron chi connectivity index (χ0n) is 9.67. The van der Waals surface area contributed by atoms with E-state index >= 15 is 0 Å². The van der Waals surface area contributed by atoms with Gasteiger partial charge < -0.3 is 0 Å². The van der Waals surface area contributed by atoms with Crippen molar-refractivity contribution in [2.75, 3.05) is 0 Å². The van der Waals surface area contributed by atoms with Crippen molar-refractivity contribution in [3.63, 3.8) is 0 Å². The van der Waals surface area contributed by atoms with Crippen LogP contribution < -0.4 is 0 Å². The van der Waals surface area contributed by atoms with Crippen molar-refractivity contribution < 1.29 is 0 Å². The van der Waals surface area contributed by atoms with Crippen molar-refractivity contribution in [1.82, 2.24) is 0 Å². The molecule has 2 atom stereocenters. The topological polar surface area (TPSA) is 0 Å². The average Bonchev–Trinajstić information content (AvgIpc) is 2.15. The summed E-state index contributed by atoms with van der Waals surface area (Å²) >= 11 is 0. The van der Waals surface area contributed by atoms with Crippen LogP contribution in [0.1, 0.15) is 44.9 Å². The van der Waals surface area contributed by atoms with Gasteiger partial charge in [-0.2, -0.15) is 0 Å². The van der Waals surface area contributed by atoms with Gasteiger partial charge in [0.05, 0.1) is 0 Å². The highest BCUT2D eigenvalue weighted by Crippen LogP contribution is 2.66. The van der Waals surface area contributed by atoms with E-state index in [1.807, 2.05) is 0 Å². The molecule has 82 valence electrons. The summed E-state index contributed by atoms with van der Waals surface area (Å²) in [6.45, 7) is 8.08. The molecule has 0 aromatic heterocycles. The van der Waals surface area contributed by atoms with Crippen molar-refractivity contribution in [2.24, 2.45) is 22.7 Å². The molecule has 2 unspecified atom stereocenters. The molecule has 0 aliphatic heterocycles. The third-order valence-electron chi connectivity index (χ3n) is 5.24. The minimum atomic E-state index is 0.521. The van der Waals surface area contributed by atoms with E-state index in [1.165, 1.54) is 44.9 Å². The van der Waals surface area contributed by atoms with Crippen molar-refractivity contribution in [1.29, 1.82) is 0 Å². The fraction of sp³-hybridized carbons (Fsp3) is 0.733. The van der Waals surface area contributed by atoms with E-state index < -0.39 is 0 Å². The van der Waals surface area contributed by atoms with E-state index in [0.717, 1.165) is 11.8 Å². The van der Waals surface area contributed by atoms with Crippen LogP contribution in [-0.2, 0) is 0 Å². The Labute approximate surface area is 93.5 Å². The van der Waals surface area contributed by atoms with Gasteiger partial charge in [0.25, 0.3) is 0 Å². The third-order valence-corrected chi connectivity index (χ3v) is 5.24. The molecular weight excluding hydrogens is 180 g/mol. The molecule has 0 nitrogen and oxygen atoms in total. The fourth-order valence-electron chi connectivity index (χ4n) is 5.31. The molecular formula is C15H22. The molecule has 0 saturated heterocycles. The van der Waals surface area contributed by atoms with Gasteiger partial charge in [0.1, 0.15) is 0 Å². The van der Waals surface area contributed by atoms with Gasteiger partial charge in [0.15, 0.2) is 0 Å². The molecule has 4 aliphatic carbocycles. The Balaban J connectivity index is 1.94. The Morgan fingerprint density at radius 3 is 2.27 bits per heavy atom. The lowest BCUT2D eigenvalue weighted by atomic mass is 9.43. The quantitative estimate of drug-likeness (QED) is 0.597. The first-order valence-electron chi connectivity index (χ1n) is 6.44. The molecule has 0 aromatic rings. The smallest absolute Gasteiger partial charge is 0.0110 e. The number of rotatable bonds is 3. The third kappa shape index (κ3) is 1.33. The summed E-state index contributed by atoms with van der Waals surface area (Å²) in [4.78, 5) is 0. The molecule has 4 aliphatic rings. The Hall–Kier alpha value is -0.520. The van der Waals surface area contributed by atoms with E-state index in [0.29, 0.717) is 10.8 Å². The zero-order chi connectivity index (χ0) is 10.5. The molecule has 0 N–H and O–H groups in total. The van der Waals surface area contributed by atoms with E-state index in [1.54, 1.807) is 0 Å². The average molecular weight is 202 g/mol. The standard InChI is InChI=1S/C15H22/c1-3-5-15-9-12-6-13(10-15)8-14(4-2,7-12)11-15/h3-4,12-13H,1-2,5-11H2. The molecule has 4 fully saturated rings. The predicted molar refractivity (Wildman–Crippen MR) is 64.6 cm³/mol. The van der Waals surface area contributed by atoms with Crippen LogP contribution in [0.2, 0.25) is 0 Å². The lowest BCUT2D eigenvalue weighted by Crippen LogP contribution is -2.50. The van der Waals surface area contributed by atoms with Crippen LogP contribution in [0, 0.1) is 22.7 Å².